The molecule has 0 aliphatic heterocycles. The van der Waals surface area contributed by atoms with Crippen LogP contribution in [-0.4, -0.2) is 4.98 Å². The third kappa shape index (κ3) is 2.97. The molecule has 106 valence electrons. The van der Waals surface area contributed by atoms with Crippen LogP contribution >= 0.6 is 0 Å². The molecule has 0 unspecified atom stereocenters. The molecule has 0 spiro atoms. The van der Waals surface area contributed by atoms with Crippen LogP contribution in [0.1, 0.15) is 25.3 Å². The lowest BCUT2D eigenvalue weighted by Crippen LogP contribution is -1.92. The van der Waals surface area contributed by atoms with E-state index in [0.29, 0.717) is 11.8 Å². The highest BCUT2D eigenvalue weighted by Crippen LogP contribution is 2.26. The Hall–Kier alpha value is -2.55. The summed E-state index contributed by atoms with van der Waals surface area (Å²) in [5.41, 5.74) is 8.64. The highest BCUT2D eigenvalue weighted by atomic mass is 16.5. The van der Waals surface area contributed by atoms with Gasteiger partial charge >= 0.3 is 0 Å². The molecule has 0 aliphatic rings. The van der Waals surface area contributed by atoms with Crippen LogP contribution in [0.3, 0.4) is 0 Å². The minimum absolute atomic E-state index is 0.473. The smallest absolute Gasteiger partial charge is 0.219 e. The number of nitrogens with two attached hydrogens (primary N) is 1. The van der Waals surface area contributed by atoms with Crippen molar-refractivity contribution in [2.24, 2.45) is 0 Å². The molecule has 1 aromatic heterocycles. The van der Waals surface area contributed by atoms with Crippen molar-refractivity contribution in [3.63, 3.8) is 0 Å². The molecule has 2 N–H and O–H groups in total. The fourth-order valence-corrected chi connectivity index (χ4v) is 2.24. The number of fused-ring (bicyclic) bond motifs is 1. The molecule has 0 atom stereocenters. The Morgan fingerprint density at radius 2 is 1.86 bits per heavy atom. The van der Waals surface area contributed by atoms with Gasteiger partial charge in [-0.05, 0) is 47.9 Å². The zero-order chi connectivity index (χ0) is 14.8. The maximum atomic E-state index is 5.87. The molecule has 0 radical (unpaired) electrons. The Balaban J connectivity index is 1.91. The average Bonchev–Trinajstić information content (AvgIpc) is 2.48. The second-order valence-electron chi connectivity index (χ2n) is 5.43. The van der Waals surface area contributed by atoms with Gasteiger partial charge in [0, 0.05) is 17.1 Å². The summed E-state index contributed by atoms with van der Waals surface area (Å²) in [5, 5.41) is 1.01. The SMILES string of the molecule is CC(C)c1cccc(Oc2ccc3cc(N)ccc3n2)c1. The average molecular weight is 278 g/mol. The van der Waals surface area contributed by atoms with Crippen LogP contribution in [0, 0.1) is 0 Å². The van der Waals surface area contributed by atoms with Gasteiger partial charge in [-0.2, -0.15) is 0 Å². The summed E-state index contributed by atoms with van der Waals surface area (Å²) in [6.07, 6.45) is 0. The van der Waals surface area contributed by atoms with Gasteiger partial charge in [0.05, 0.1) is 5.52 Å². The number of hydrogen-bond donors (Lipinski definition) is 1. The van der Waals surface area contributed by atoms with Crippen LogP contribution in [0.15, 0.2) is 54.6 Å². The molecule has 3 nitrogen and oxygen atoms in total. The van der Waals surface area contributed by atoms with E-state index in [-0.39, 0.29) is 0 Å². The summed E-state index contributed by atoms with van der Waals surface area (Å²) in [6.45, 7) is 4.33. The van der Waals surface area contributed by atoms with Crippen molar-refractivity contribution in [3.05, 3.63) is 60.2 Å². The fraction of sp³-hybridized carbons (Fsp3) is 0.167. The predicted molar refractivity (Wildman–Crippen MR) is 86.8 cm³/mol. The maximum Gasteiger partial charge on any atom is 0.219 e. The van der Waals surface area contributed by atoms with Gasteiger partial charge in [-0.25, -0.2) is 4.98 Å². The van der Waals surface area contributed by atoms with E-state index in [0.717, 1.165) is 22.3 Å². The third-order valence-electron chi connectivity index (χ3n) is 3.43. The Bertz CT molecular complexity index is 781. The standard InChI is InChI=1S/C18H18N2O/c1-12(2)13-4-3-5-16(11-13)21-18-9-6-14-10-15(19)7-8-17(14)20-18/h3-12H,19H2,1-2H3. The minimum Gasteiger partial charge on any atom is -0.439 e. The van der Waals surface area contributed by atoms with Gasteiger partial charge in [-0.15, -0.1) is 0 Å². The number of ether oxygens (including phenoxy) is 1. The monoisotopic (exact) mass is 278 g/mol. The van der Waals surface area contributed by atoms with Crippen LogP contribution in [0.5, 0.6) is 11.6 Å². The van der Waals surface area contributed by atoms with E-state index in [1.165, 1.54) is 5.56 Å². The predicted octanol–water partition coefficient (Wildman–Crippen LogP) is 4.73. The summed E-state index contributed by atoms with van der Waals surface area (Å²) >= 11 is 0. The fourth-order valence-electron chi connectivity index (χ4n) is 2.24. The van der Waals surface area contributed by atoms with Crippen LogP contribution in [0.4, 0.5) is 5.69 Å². The van der Waals surface area contributed by atoms with Gasteiger partial charge < -0.3 is 10.5 Å². The molecule has 1 heterocycles. The largest absolute Gasteiger partial charge is 0.439 e. The number of aromatic nitrogens is 1. The first-order valence-electron chi connectivity index (χ1n) is 7.06. The summed E-state index contributed by atoms with van der Waals surface area (Å²) < 4.78 is 5.87. The molecule has 0 saturated heterocycles. The number of hydrogen-bond acceptors (Lipinski definition) is 3. The van der Waals surface area contributed by atoms with E-state index >= 15 is 0 Å². The highest BCUT2D eigenvalue weighted by Gasteiger charge is 2.04. The van der Waals surface area contributed by atoms with Crippen molar-refractivity contribution in [3.8, 4) is 11.6 Å². The lowest BCUT2D eigenvalue weighted by atomic mass is 10.0. The third-order valence-corrected chi connectivity index (χ3v) is 3.43. The summed E-state index contributed by atoms with van der Waals surface area (Å²) in [4.78, 5) is 4.51. The van der Waals surface area contributed by atoms with Crippen molar-refractivity contribution >= 4 is 16.6 Å². The maximum absolute atomic E-state index is 5.87. The molecule has 0 amide bonds. The Morgan fingerprint density at radius 3 is 2.67 bits per heavy atom. The normalized spacial score (nSPS) is 11.0. The van der Waals surface area contributed by atoms with Crippen molar-refractivity contribution in [2.75, 3.05) is 5.73 Å². The lowest BCUT2D eigenvalue weighted by molar-refractivity contribution is 0.464. The van der Waals surface area contributed by atoms with E-state index in [1.807, 2.05) is 42.5 Å². The van der Waals surface area contributed by atoms with E-state index in [4.69, 9.17) is 10.5 Å². The van der Waals surface area contributed by atoms with Crippen LogP contribution in [0.25, 0.3) is 10.9 Å². The lowest BCUT2D eigenvalue weighted by Gasteiger charge is -2.09. The van der Waals surface area contributed by atoms with Crippen molar-refractivity contribution in [1.29, 1.82) is 0 Å². The van der Waals surface area contributed by atoms with E-state index < -0.39 is 0 Å². The topological polar surface area (TPSA) is 48.1 Å². The Morgan fingerprint density at radius 1 is 1.00 bits per heavy atom. The van der Waals surface area contributed by atoms with Gasteiger partial charge in [-0.1, -0.05) is 26.0 Å². The van der Waals surface area contributed by atoms with Crippen molar-refractivity contribution < 1.29 is 4.74 Å². The first-order chi connectivity index (χ1) is 10.1. The number of benzene rings is 2. The van der Waals surface area contributed by atoms with Gasteiger partial charge in [0.25, 0.3) is 0 Å². The van der Waals surface area contributed by atoms with E-state index in [2.05, 4.69) is 31.0 Å². The molecule has 0 saturated carbocycles. The van der Waals surface area contributed by atoms with Gasteiger partial charge in [-0.3, -0.25) is 0 Å². The molecule has 0 bridgehead atoms. The second-order valence-corrected chi connectivity index (χ2v) is 5.43. The first kappa shape index (κ1) is 13.4. The van der Waals surface area contributed by atoms with Gasteiger partial charge in [0.1, 0.15) is 5.75 Å². The van der Waals surface area contributed by atoms with Crippen molar-refractivity contribution in [2.45, 2.75) is 19.8 Å². The zero-order valence-electron chi connectivity index (χ0n) is 12.2. The van der Waals surface area contributed by atoms with Crippen molar-refractivity contribution in [1.82, 2.24) is 4.98 Å². The quantitative estimate of drug-likeness (QED) is 0.704. The van der Waals surface area contributed by atoms with Crippen LogP contribution in [0.2, 0.25) is 0 Å². The highest BCUT2D eigenvalue weighted by molar-refractivity contribution is 5.82. The summed E-state index contributed by atoms with van der Waals surface area (Å²) in [5.74, 6) is 1.87. The van der Waals surface area contributed by atoms with Gasteiger partial charge in [0.15, 0.2) is 0 Å². The number of rotatable bonds is 3. The summed E-state index contributed by atoms with van der Waals surface area (Å²) in [7, 11) is 0. The van der Waals surface area contributed by atoms with Crippen LogP contribution < -0.4 is 10.5 Å². The van der Waals surface area contributed by atoms with E-state index in [9.17, 15) is 0 Å². The molecule has 0 aliphatic carbocycles. The second kappa shape index (κ2) is 5.44. The first-order valence-corrected chi connectivity index (χ1v) is 7.06. The molecule has 3 rings (SSSR count). The summed E-state index contributed by atoms with van der Waals surface area (Å²) in [6, 6.07) is 17.6. The number of anilines is 1. The minimum atomic E-state index is 0.473. The zero-order valence-corrected chi connectivity index (χ0v) is 12.2. The molecular formula is C18H18N2O. The van der Waals surface area contributed by atoms with E-state index in [1.54, 1.807) is 0 Å². The molecule has 0 fully saturated rings. The van der Waals surface area contributed by atoms with Gasteiger partial charge in [0.2, 0.25) is 5.88 Å². The molecule has 3 aromatic rings. The molecule has 3 heteroatoms. The number of pyridine rings is 1. The number of nitrogen functional groups attached to an aromatic ring is 1. The van der Waals surface area contributed by atoms with Crippen LogP contribution in [-0.2, 0) is 0 Å². The molecule has 21 heavy (non-hydrogen) atoms. The molecule has 2 aromatic carbocycles. The molecular weight excluding hydrogens is 260 g/mol. The Kier molecular flexibility index (Phi) is 3.48. The Labute approximate surface area is 124 Å². The number of nitrogens with zero attached hydrogens (tertiary/aromatic N) is 1.